The molecule has 0 bridgehead atoms. The van der Waals surface area contributed by atoms with E-state index in [1.165, 1.54) is 11.6 Å². The maximum Gasteiger partial charge on any atom is 0.317 e. The molecule has 4 nitrogen and oxygen atoms in total. The molecule has 1 fully saturated rings. The molecule has 0 unspecified atom stereocenters. The first kappa shape index (κ1) is 15.9. The third kappa shape index (κ3) is 3.31. The zero-order chi connectivity index (χ0) is 17.4. The third-order valence-electron chi connectivity index (χ3n) is 5.28. The standard InChI is InChI=1S/C20H21FN2O2/c21-17-3-1-2-14(8-17)15-9-18(10-15)22-20(25)23-7-6-13-4-5-19(24)11-16(13)12-23/h1-5,8,11,15,18,24H,6-7,9-10,12H2,(H,22,25). The van der Waals surface area contributed by atoms with Crippen LogP contribution in [0.25, 0.3) is 0 Å². The number of amides is 2. The number of urea groups is 1. The Hall–Kier alpha value is -2.56. The van der Waals surface area contributed by atoms with Crippen molar-refractivity contribution in [3.8, 4) is 5.75 Å². The van der Waals surface area contributed by atoms with Crippen molar-refractivity contribution in [1.82, 2.24) is 10.2 Å². The quantitative estimate of drug-likeness (QED) is 0.878. The van der Waals surface area contributed by atoms with Crippen molar-refractivity contribution in [3.05, 3.63) is 65.0 Å². The van der Waals surface area contributed by atoms with Crippen molar-refractivity contribution < 1.29 is 14.3 Å². The summed E-state index contributed by atoms with van der Waals surface area (Å²) in [6.07, 6.45) is 2.50. The summed E-state index contributed by atoms with van der Waals surface area (Å²) in [4.78, 5) is 14.3. The van der Waals surface area contributed by atoms with E-state index in [9.17, 15) is 14.3 Å². The monoisotopic (exact) mass is 340 g/mol. The lowest BCUT2D eigenvalue weighted by atomic mass is 9.76. The van der Waals surface area contributed by atoms with Crippen LogP contribution in [-0.2, 0) is 13.0 Å². The number of rotatable bonds is 2. The molecular formula is C20H21FN2O2. The minimum Gasteiger partial charge on any atom is -0.508 e. The topological polar surface area (TPSA) is 52.6 Å². The van der Waals surface area contributed by atoms with E-state index in [0.29, 0.717) is 19.0 Å². The number of phenols is 1. The number of phenolic OH excluding ortho intramolecular Hbond substituents is 1. The molecule has 1 saturated carbocycles. The lowest BCUT2D eigenvalue weighted by molar-refractivity contribution is 0.177. The molecule has 0 saturated heterocycles. The first-order valence-electron chi connectivity index (χ1n) is 8.70. The number of nitrogens with one attached hydrogen (secondary N) is 1. The fourth-order valence-corrected chi connectivity index (χ4v) is 3.75. The van der Waals surface area contributed by atoms with Gasteiger partial charge in [-0.15, -0.1) is 0 Å². The molecule has 0 spiro atoms. The van der Waals surface area contributed by atoms with Gasteiger partial charge in [0.15, 0.2) is 0 Å². The molecule has 5 heteroatoms. The van der Waals surface area contributed by atoms with Crippen LogP contribution in [0.1, 0.15) is 35.4 Å². The first-order valence-corrected chi connectivity index (χ1v) is 8.70. The van der Waals surface area contributed by atoms with E-state index in [-0.39, 0.29) is 23.6 Å². The maximum atomic E-state index is 13.3. The Bertz CT molecular complexity index is 802. The largest absolute Gasteiger partial charge is 0.508 e. The number of nitrogens with zero attached hydrogens (tertiary/aromatic N) is 1. The summed E-state index contributed by atoms with van der Waals surface area (Å²) in [7, 11) is 0. The highest BCUT2D eigenvalue weighted by Gasteiger charge is 2.33. The smallest absolute Gasteiger partial charge is 0.317 e. The van der Waals surface area contributed by atoms with Gasteiger partial charge in [0.1, 0.15) is 11.6 Å². The summed E-state index contributed by atoms with van der Waals surface area (Å²) in [6.45, 7) is 1.21. The SMILES string of the molecule is O=C(NC1CC(c2cccc(F)c2)C1)N1CCc2ccc(O)cc2C1. The van der Waals surface area contributed by atoms with Crippen LogP contribution in [0.3, 0.4) is 0 Å². The average Bonchev–Trinajstić information content (AvgIpc) is 2.56. The summed E-state index contributed by atoms with van der Waals surface area (Å²) in [5, 5.41) is 12.7. The molecule has 2 amide bonds. The van der Waals surface area contributed by atoms with Gasteiger partial charge in [-0.25, -0.2) is 9.18 Å². The molecule has 25 heavy (non-hydrogen) atoms. The fraction of sp³-hybridized carbons (Fsp3) is 0.350. The number of hydrogen-bond acceptors (Lipinski definition) is 2. The molecule has 2 N–H and O–H groups in total. The van der Waals surface area contributed by atoms with Gasteiger partial charge in [0, 0.05) is 19.1 Å². The highest BCUT2D eigenvalue weighted by atomic mass is 19.1. The van der Waals surface area contributed by atoms with Crippen LogP contribution in [0.2, 0.25) is 0 Å². The summed E-state index contributed by atoms with van der Waals surface area (Å²) < 4.78 is 13.3. The summed E-state index contributed by atoms with van der Waals surface area (Å²) in [5.41, 5.74) is 3.21. The summed E-state index contributed by atoms with van der Waals surface area (Å²) in [6, 6.07) is 12.1. The van der Waals surface area contributed by atoms with E-state index in [0.717, 1.165) is 30.4 Å². The Morgan fingerprint density at radius 1 is 1.16 bits per heavy atom. The van der Waals surface area contributed by atoms with E-state index < -0.39 is 0 Å². The second-order valence-electron chi connectivity index (χ2n) is 6.99. The van der Waals surface area contributed by atoms with Crippen LogP contribution < -0.4 is 5.32 Å². The summed E-state index contributed by atoms with van der Waals surface area (Å²) in [5.74, 6) is 0.346. The number of carbonyl (C=O) groups is 1. The molecule has 0 radical (unpaired) electrons. The average molecular weight is 340 g/mol. The highest BCUT2D eigenvalue weighted by Crippen LogP contribution is 2.37. The van der Waals surface area contributed by atoms with Crippen LogP contribution in [-0.4, -0.2) is 28.6 Å². The first-order chi connectivity index (χ1) is 12.1. The number of halogens is 1. The van der Waals surface area contributed by atoms with Gasteiger partial charge in [-0.1, -0.05) is 18.2 Å². The van der Waals surface area contributed by atoms with E-state index in [1.54, 1.807) is 29.2 Å². The molecule has 2 aromatic rings. The van der Waals surface area contributed by atoms with E-state index in [4.69, 9.17) is 0 Å². The van der Waals surface area contributed by atoms with Gasteiger partial charge in [-0.05, 0) is 66.1 Å². The summed E-state index contributed by atoms with van der Waals surface area (Å²) >= 11 is 0. The minimum atomic E-state index is -0.208. The van der Waals surface area contributed by atoms with Crippen molar-refractivity contribution in [2.75, 3.05) is 6.54 Å². The lowest BCUT2D eigenvalue weighted by Gasteiger charge is -2.38. The Labute approximate surface area is 146 Å². The Kier molecular flexibility index (Phi) is 4.07. The third-order valence-corrected chi connectivity index (χ3v) is 5.28. The number of hydrogen-bond donors (Lipinski definition) is 2. The van der Waals surface area contributed by atoms with Crippen molar-refractivity contribution in [2.45, 2.75) is 37.8 Å². The molecule has 1 heterocycles. The molecule has 0 atom stereocenters. The van der Waals surface area contributed by atoms with Crippen LogP contribution in [0.15, 0.2) is 42.5 Å². The van der Waals surface area contributed by atoms with Gasteiger partial charge in [0.25, 0.3) is 0 Å². The molecule has 130 valence electrons. The second-order valence-corrected chi connectivity index (χ2v) is 6.99. The van der Waals surface area contributed by atoms with E-state index >= 15 is 0 Å². The maximum absolute atomic E-state index is 13.3. The minimum absolute atomic E-state index is 0.0586. The number of fused-ring (bicyclic) bond motifs is 1. The molecule has 4 rings (SSSR count). The number of carbonyl (C=O) groups excluding carboxylic acids is 1. The van der Waals surface area contributed by atoms with Crippen LogP contribution in [0.4, 0.5) is 9.18 Å². The number of benzene rings is 2. The predicted octanol–water partition coefficient (Wildman–Crippen LogP) is 3.55. The second kappa shape index (κ2) is 6.39. The molecular weight excluding hydrogens is 319 g/mol. The highest BCUT2D eigenvalue weighted by molar-refractivity contribution is 5.75. The Morgan fingerprint density at radius 3 is 2.80 bits per heavy atom. The normalized spacial score (nSPS) is 22.0. The predicted molar refractivity (Wildman–Crippen MR) is 92.9 cm³/mol. The van der Waals surface area contributed by atoms with E-state index in [1.807, 2.05) is 12.1 Å². The fourth-order valence-electron chi connectivity index (χ4n) is 3.75. The van der Waals surface area contributed by atoms with Crippen LogP contribution in [0, 0.1) is 5.82 Å². The van der Waals surface area contributed by atoms with Gasteiger partial charge >= 0.3 is 6.03 Å². The number of aromatic hydroxyl groups is 1. The zero-order valence-electron chi connectivity index (χ0n) is 13.9. The lowest BCUT2D eigenvalue weighted by Crippen LogP contribution is -2.50. The van der Waals surface area contributed by atoms with Crippen molar-refractivity contribution >= 4 is 6.03 Å². The van der Waals surface area contributed by atoms with Crippen LogP contribution in [0.5, 0.6) is 5.75 Å². The molecule has 2 aromatic carbocycles. The van der Waals surface area contributed by atoms with Crippen molar-refractivity contribution in [3.63, 3.8) is 0 Å². The van der Waals surface area contributed by atoms with Gasteiger partial charge in [0.05, 0.1) is 0 Å². The van der Waals surface area contributed by atoms with E-state index in [2.05, 4.69) is 5.32 Å². The van der Waals surface area contributed by atoms with Gasteiger partial charge in [-0.3, -0.25) is 0 Å². The van der Waals surface area contributed by atoms with Crippen LogP contribution >= 0.6 is 0 Å². The van der Waals surface area contributed by atoms with Crippen molar-refractivity contribution in [2.24, 2.45) is 0 Å². The Balaban J connectivity index is 1.32. The molecule has 2 aliphatic rings. The van der Waals surface area contributed by atoms with Gasteiger partial charge in [-0.2, -0.15) is 0 Å². The molecule has 1 aliphatic carbocycles. The zero-order valence-corrected chi connectivity index (χ0v) is 13.9. The van der Waals surface area contributed by atoms with Gasteiger partial charge in [0.2, 0.25) is 0 Å². The molecule has 1 aliphatic heterocycles. The Morgan fingerprint density at radius 2 is 2.00 bits per heavy atom. The van der Waals surface area contributed by atoms with Crippen molar-refractivity contribution in [1.29, 1.82) is 0 Å². The molecule has 0 aromatic heterocycles. The van der Waals surface area contributed by atoms with Gasteiger partial charge < -0.3 is 15.3 Å².